The lowest BCUT2D eigenvalue weighted by molar-refractivity contribution is -0.137. The predicted octanol–water partition coefficient (Wildman–Crippen LogP) is 3.70. The molecule has 3 unspecified atom stereocenters. The fraction of sp³-hybridized carbons (Fsp3) is 0.538. The molecule has 0 aliphatic heterocycles. The van der Waals surface area contributed by atoms with E-state index in [1.807, 2.05) is 6.92 Å². The van der Waals surface area contributed by atoms with E-state index in [-0.39, 0.29) is 5.92 Å². The van der Waals surface area contributed by atoms with Crippen LogP contribution in [-0.4, -0.2) is 5.11 Å². The summed E-state index contributed by atoms with van der Waals surface area (Å²) in [5.74, 6) is 0.664. The summed E-state index contributed by atoms with van der Waals surface area (Å²) in [5.41, 5.74) is 0.466. The Morgan fingerprint density at radius 2 is 1.94 bits per heavy atom. The van der Waals surface area contributed by atoms with Crippen LogP contribution < -0.4 is 0 Å². The van der Waals surface area contributed by atoms with Gasteiger partial charge in [-0.15, -0.1) is 0 Å². The number of aliphatic hydroxyl groups excluding tert-OH is 1. The monoisotopic (exact) mass is 244 g/mol. The van der Waals surface area contributed by atoms with Crippen molar-refractivity contribution in [3.63, 3.8) is 0 Å². The molecule has 1 aromatic carbocycles. The van der Waals surface area contributed by atoms with Crippen molar-refractivity contribution >= 4 is 0 Å². The molecule has 1 aliphatic carbocycles. The highest BCUT2D eigenvalue weighted by Gasteiger charge is 2.40. The molecule has 0 radical (unpaired) electrons. The molecule has 0 saturated heterocycles. The van der Waals surface area contributed by atoms with E-state index >= 15 is 0 Å². The molecule has 0 spiro atoms. The summed E-state index contributed by atoms with van der Waals surface area (Å²) in [7, 11) is 0. The van der Waals surface area contributed by atoms with Crippen LogP contribution in [0.25, 0.3) is 0 Å². The van der Waals surface area contributed by atoms with E-state index in [0.717, 1.165) is 18.6 Å². The lowest BCUT2D eigenvalue weighted by Crippen LogP contribution is -2.08. The van der Waals surface area contributed by atoms with Gasteiger partial charge in [0.1, 0.15) is 0 Å². The molecule has 17 heavy (non-hydrogen) atoms. The van der Waals surface area contributed by atoms with E-state index in [0.29, 0.717) is 17.0 Å². The van der Waals surface area contributed by atoms with Gasteiger partial charge in [0, 0.05) is 0 Å². The van der Waals surface area contributed by atoms with Gasteiger partial charge < -0.3 is 5.11 Å². The first-order valence-electron chi connectivity index (χ1n) is 5.66. The summed E-state index contributed by atoms with van der Waals surface area (Å²) in [4.78, 5) is 0. The first kappa shape index (κ1) is 12.4. The number of alkyl halides is 3. The van der Waals surface area contributed by atoms with Crippen LogP contribution in [0.15, 0.2) is 18.2 Å². The SMILES string of the molecule is Cc1cc(C(F)(F)F)ccc1C(O)C1CC1C. The third-order valence-corrected chi connectivity index (χ3v) is 3.49. The Hall–Kier alpha value is -1.03. The highest BCUT2D eigenvalue weighted by Crippen LogP contribution is 2.47. The Kier molecular flexibility index (Phi) is 2.94. The van der Waals surface area contributed by atoms with Crippen LogP contribution in [0.5, 0.6) is 0 Å². The Morgan fingerprint density at radius 1 is 1.35 bits per heavy atom. The lowest BCUT2D eigenvalue weighted by atomic mass is 9.97. The van der Waals surface area contributed by atoms with Gasteiger partial charge in [-0.25, -0.2) is 0 Å². The van der Waals surface area contributed by atoms with E-state index < -0.39 is 17.8 Å². The molecule has 1 nitrogen and oxygen atoms in total. The maximum absolute atomic E-state index is 12.5. The third kappa shape index (κ3) is 2.46. The maximum Gasteiger partial charge on any atom is 0.416 e. The van der Waals surface area contributed by atoms with Crippen LogP contribution in [-0.2, 0) is 6.18 Å². The largest absolute Gasteiger partial charge is 0.416 e. The molecule has 3 atom stereocenters. The van der Waals surface area contributed by atoms with Crippen molar-refractivity contribution < 1.29 is 18.3 Å². The van der Waals surface area contributed by atoms with Crippen LogP contribution in [0.3, 0.4) is 0 Å². The van der Waals surface area contributed by atoms with E-state index in [1.54, 1.807) is 6.92 Å². The summed E-state index contributed by atoms with van der Waals surface area (Å²) in [6, 6.07) is 3.54. The standard InChI is InChI=1S/C13H15F3O/c1-7-5-9(13(14,15)16)3-4-10(7)12(17)11-6-8(11)2/h3-5,8,11-12,17H,6H2,1-2H3. The van der Waals surface area contributed by atoms with Crippen molar-refractivity contribution in [2.24, 2.45) is 11.8 Å². The first-order chi connectivity index (χ1) is 7.80. The molecule has 0 heterocycles. The minimum Gasteiger partial charge on any atom is -0.388 e. The third-order valence-electron chi connectivity index (χ3n) is 3.49. The second-order valence-corrected chi connectivity index (χ2v) is 4.89. The zero-order valence-electron chi connectivity index (χ0n) is 9.75. The maximum atomic E-state index is 12.5. The minimum absolute atomic E-state index is 0.199. The molecule has 1 fully saturated rings. The summed E-state index contributed by atoms with van der Waals surface area (Å²) >= 11 is 0. The molecule has 0 amide bonds. The van der Waals surface area contributed by atoms with Crippen molar-refractivity contribution in [2.45, 2.75) is 32.5 Å². The molecule has 1 N–H and O–H groups in total. The highest BCUT2D eigenvalue weighted by atomic mass is 19.4. The Morgan fingerprint density at radius 3 is 2.35 bits per heavy atom. The molecule has 1 aromatic rings. The van der Waals surface area contributed by atoms with Crippen molar-refractivity contribution in [3.8, 4) is 0 Å². The summed E-state index contributed by atoms with van der Waals surface area (Å²) in [5, 5.41) is 10.0. The number of hydrogen-bond acceptors (Lipinski definition) is 1. The molecule has 1 saturated carbocycles. The first-order valence-corrected chi connectivity index (χ1v) is 5.66. The second-order valence-electron chi connectivity index (χ2n) is 4.89. The van der Waals surface area contributed by atoms with Crippen molar-refractivity contribution in [1.82, 2.24) is 0 Å². The number of aliphatic hydroxyl groups is 1. The van der Waals surface area contributed by atoms with Crippen LogP contribution in [0.1, 0.15) is 36.1 Å². The van der Waals surface area contributed by atoms with Gasteiger partial charge in [-0.1, -0.05) is 13.0 Å². The van der Waals surface area contributed by atoms with Crippen LogP contribution in [0.2, 0.25) is 0 Å². The van der Waals surface area contributed by atoms with Gasteiger partial charge in [0.25, 0.3) is 0 Å². The van der Waals surface area contributed by atoms with E-state index in [4.69, 9.17) is 0 Å². The molecular weight excluding hydrogens is 229 g/mol. The van der Waals surface area contributed by atoms with Crippen LogP contribution in [0, 0.1) is 18.8 Å². The Bertz CT molecular complexity index is 425. The molecule has 1 aliphatic rings. The molecule has 0 aromatic heterocycles. The van der Waals surface area contributed by atoms with Gasteiger partial charge in [0.2, 0.25) is 0 Å². The Balaban J connectivity index is 2.26. The summed E-state index contributed by atoms with van der Waals surface area (Å²) < 4.78 is 37.4. The van der Waals surface area contributed by atoms with Gasteiger partial charge in [0.15, 0.2) is 0 Å². The summed E-state index contributed by atoms with van der Waals surface area (Å²) in [6.45, 7) is 3.65. The number of benzene rings is 1. The lowest BCUT2D eigenvalue weighted by Gasteiger charge is -2.15. The van der Waals surface area contributed by atoms with Gasteiger partial charge in [-0.2, -0.15) is 13.2 Å². The van der Waals surface area contributed by atoms with Crippen LogP contribution in [0.4, 0.5) is 13.2 Å². The number of rotatable bonds is 2. The van der Waals surface area contributed by atoms with Crippen molar-refractivity contribution in [2.75, 3.05) is 0 Å². The Labute approximate surface area is 98.3 Å². The van der Waals surface area contributed by atoms with Crippen molar-refractivity contribution in [1.29, 1.82) is 0 Å². The van der Waals surface area contributed by atoms with Gasteiger partial charge >= 0.3 is 6.18 Å². The molecule has 4 heteroatoms. The average Bonchev–Trinajstić information content (AvgIpc) is 2.93. The smallest absolute Gasteiger partial charge is 0.388 e. The van der Waals surface area contributed by atoms with E-state index in [9.17, 15) is 18.3 Å². The minimum atomic E-state index is -4.32. The van der Waals surface area contributed by atoms with Crippen LogP contribution >= 0.6 is 0 Å². The van der Waals surface area contributed by atoms with Crippen molar-refractivity contribution in [3.05, 3.63) is 34.9 Å². The van der Waals surface area contributed by atoms with Gasteiger partial charge in [0.05, 0.1) is 11.7 Å². The normalized spacial score (nSPS) is 25.8. The predicted molar refractivity (Wildman–Crippen MR) is 58.4 cm³/mol. The average molecular weight is 244 g/mol. The molecule has 0 bridgehead atoms. The number of halogens is 3. The van der Waals surface area contributed by atoms with Gasteiger partial charge in [-0.05, 0) is 48.4 Å². The molecule has 94 valence electrons. The van der Waals surface area contributed by atoms with E-state index in [1.165, 1.54) is 6.07 Å². The zero-order chi connectivity index (χ0) is 12.8. The number of hydrogen-bond donors (Lipinski definition) is 1. The number of aryl methyl sites for hydroxylation is 1. The van der Waals surface area contributed by atoms with Gasteiger partial charge in [-0.3, -0.25) is 0 Å². The fourth-order valence-corrected chi connectivity index (χ4v) is 2.21. The zero-order valence-corrected chi connectivity index (χ0v) is 9.75. The highest BCUT2D eigenvalue weighted by molar-refractivity contribution is 5.34. The fourth-order valence-electron chi connectivity index (χ4n) is 2.21. The second kappa shape index (κ2) is 4.02. The quantitative estimate of drug-likeness (QED) is 0.841. The summed E-state index contributed by atoms with van der Waals surface area (Å²) in [6.07, 6.45) is -4.00. The topological polar surface area (TPSA) is 20.2 Å². The molecule has 2 rings (SSSR count). The molecular formula is C13H15F3O. The van der Waals surface area contributed by atoms with E-state index in [2.05, 4.69) is 0 Å².